The van der Waals surface area contributed by atoms with E-state index in [9.17, 15) is 13.2 Å². The van der Waals surface area contributed by atoms with Gasteiger partial charge in [-0.2, -0.15) is 0 Å². The number of carbonyl (C=O) groups is 1. The van der Waals surface area contributed by atoms with Crippen LogP contribution in [0.4, 0.5) is 11.4 Å². The van der Waals surface area contributed by atoms with E-state index in [1.54, 1.807) is 60.7 Å². The Labute approximate surface area is 197 Å². The van der Waals surface area contributed by atoms with E-state index in [1.165, 1.54) is 4.31 Å². The molecule has 1 N–H and O–H groups in total. The van der Waals surface area contributed by atoms with Crippen molar-refractivity contribution in [3.8, 4) is 5.75 Å². The van der Waals surface area contributed by atoms with Gasteiger partial charge in [-0.05, 0) is 66.6 Å². The molecule has 0 bridgehead atoms. The maximum Gasteiger partial charge on any atom is 0.262 e. The van der Waals surface area contributed by atoms with Crippen molar-refractivity contribution in [2.45, 2.75) is 13.5 Å². The maximum absolute atomic E-state index is 12.3. The number of halogens is 2. The first-order valence-corrected chi connectivity index (χ1v) is 12.2. The Morgan fingerprint density at radius 2 is 1.59 bits per heavy atom. The summed E-state index contributed by atoms with van der Waals surface area (Å²) >= 11 is 11.9. The quantitative estimate of drug-likeness (QED) is 0.463. The molecule has 6 nitrogen and oxygen atoms in total. The topological polar surface area (TPSA) is 75.7 Å². The Morgan fingerprint density at radius 1 is 0.969 bits per heavy atom. The first kappa shape index (κ1) is 23.9. The summed E-state index contributed by atoms with van der Waals surface area (Å²) in [7, 11) is -3.52. The highest BCUT2D eigenvalue weighted by Crippen LogP contribution is 2.25. The van der Waals surface area contributed by atoms with Gasteiger partial charge in [0.2, 0.25) is 10.0 Å². The lowest BCUT2D eigenvalue weighted by Crippen LogP contribution is -2.29. The molecular weight excluding hydrogens is 471 g/mol. The summed E-state index contributed by atoms with van der Waals surface area (Å²) in [6, 6.07) is 18.7. The molecule has 3 aromatic rings. The molecule has 0 saturated heterocycles. The molecule has 0 atom stereocenters. The predicted octanol–water partition coefficient (Wildman–Crippen LogP) is 5.29. The summed E-state index contributed by atoms with van der Waals surface area (Å²) < 4.78 is 31.5. The average Bonchev–Trinajstić information content (AvgIpc) is 2.74. The van der Waals surface area contributed by atoms with Gasteiger partial charge in [-0.3, -0.25) is 9.10 Å². The zero-order valence-electron chi connectivity index (χ0n) is 17.5. The fourth-order valence-electron chi connectivity index (χ4n) is 2.93. The van der Waals surface area contributed by atoms with Crippen molar-refractivity contribution in [3.05, 3.63) is 87.9 Å². The van der Waals surface area contributed by atoms with E-state index >= 15 is 0 Å². The number of aryl methyl sites for hydroxylation is 1. The molecule has 0 aliphatic carbocycles. The molecule has 0 aromatic heterocycles. The Bertz CT molecular complexity index is 1200. The van der Waals surface area contributed by atoms with Gasteiger partial charge in [0.15, 0.2) is 6.61 Å². The number of nitrogens with zero attached hydrogens (tertiary/aromatic N) is 1. The second-order valence-electron chi connectivity index (χ2n) is 7.19. The monoisotopic (exact) mass is 492 g/mol. The second-order valence-corrected chi connectivity index (χ2v) is 9.97. The zero-order valence-corrected chi connectivity index (χ0v) is 19.8. The molecule has 0 heterocycles. The van der Waals surface area contributed by atoms with Crippen molar-refractivity contribution in [1.82, 2.24) is 0 Å². The lowest BCUT2D eigenvalue weighted by molar-refractivity contribution is -0.118. The molecule has 32 heavy (non-hydrogen) atoms. The van der Waals surface area contributed by atoms with Crippen LogP contribution in [0, 0.1) is 6.92 Å². The van der Waals surface area contributed by atoms with Crippen LogP contribution in [-0.4, -0.2) is 27.2 Å². The Morgan fingerprint density at radius 3 is 2.22 bits per heavy atom. The largest absolute Gasteiger partial charge is 0.484 e. The van der Waals surface area contributed by atoms with Crippen LogP contribution in [0.25, 0.3) is 0 Å². The van der Waals surface area contributed by atoms with Crippen LogP contribution in [0.2, 0.25) is 10.0 Å². The van der Waals surface area contributed by atoms with Gasteiger partial charge in [-0.25, -0.2) is 8.42 Å². The van der Waals surface area contributed by atoms with Crippen molar-refractivity contribution in [2.24, 2.45) is 0 Å². The Hall–Kier alpha value is -2.74. The summed E-state index contributed by atoms with van der Waals surface area (Å²) in [5, 5.41) is 3.86. The highest BCUT2D eigenvalue weighted by Gasteiger charge is 2.18. The second kappa shape index (κ2) is 10.3. The summed E-state index contributed by atoms with van der Waals surface area (Å²) in [6.07, 6.45) is 1.15. The number of benzene rings is 3. The molecule has 9 heteroatoms. The van der Waals surface area contributed by atoms with Gasteiger partial charge < -0.3 is 10.1 Å². The molecule has 1 amide bonds. The number of hydrogen-bond donors (Lipinski definition) is 1. The van der Waals surface area contributed by atoms with Crippen molar-refractivity contribution in [1.29, 1.82) is 0 Å². The van der Waals surface area contributed by atoms with Gasteiger partial charge in [0.25, 0.3) is 5.91 Å². The van der Waals surface area contributed by atoms with E-state index in [1.807, 2.05) is 13.0 Å². The van der Waals surface area contributed by atoms with Crippen LogP contribution in [-0.2, 0) is 21.4 Å². The van der Waals surface area contributed by atoms with Gasteiger partial charge in [0, 0.05) is 15.7 Å². The third-order valence-electron chi connectivity index (χ3n) is 4.61. The molecule has 0 spiro atoms. The summed E-state index contributed by atoms with van der Waals surface area (Å²) in [6.45, 7) is 1.83. The third kappa shape index (κ3) is 6.63. The van der Waals surface area contributed by atoms with E-state index in [2.05, 4.69) is 5.32 Å². The lowest BCUT2D eigenvalue weighted by atomic mass is 10.2. The fraction of sp³-hybridized carbons (Fsp3) is 0.174. The molecule has 0 radical (unpaired) electrons. The van der Waals surface area contributed by atoms with Crippen LogP contribution in [0.3, 0.4) is 0 Å². The Balaban J connectivity index is 1.65. The van der Waals surface area contributed by atoms with Gasteiger partial charge in [-0.15, -0.1) is 0 Å². The summed E-state index contributed by atoms with van der Waals surface area (Å²) in [5.41, 5.74) is 2.78. The molecule has 3 aromatic carbocycles. The van der Waals surface area contributed by atoms with Crippen molar-refractivity contribution in [3.63, 3.8) is 0 Å². The highest BCUT2D eigenvalue weighted by molar-refractivity contribution is 7.92. The third-order valence-corrected chi connectivity index (χ3v) is 6.24. The number of hydrogen-bond acceptors (Lipinski definition) is 4. The minimum Gasteiger partial charge on any atom is -0.484 e. The predicted molar refractivity (Wildman–Crippen MR) is 129 cm³/mol. The smallest absolute Gasteiger partial charge is 0.262 e. The molecule has 0 aliphatic heterocycles. The van der Waals surface area contributed by atoms with Crippen molar-refractivity contribution in [2.75, 3.05) is 22.5 Å². The highest BCUT2D eigenvalue weighted by atomic mass is 35.5. The number of ether oxygens (including phenoxy) is 1. The standard InChI is InChI=1S/C23H22Cl2N2O4S/c1-16-3-6-19(25)13-22(16)26-23(28)15-31-21-11-9-20(10-12-21)27(32(2,29)30)14-17-4-7-18(24)8-5-17/h3-13H,14-15H2,1-2H3,(H,26,28). The van der Waals surface area contributed by atoms with Gasteiger partial charge in [-0.1, -0.05) is 41.4 Å². The first-order valence-electron chi connectivity index (χ1n) is 9.63. The molecule has 168 valence electrons. The van der Waals surface area contributed by atoms with Crippen LogP contribution >= 0.6 is 23.2 Å². The number of anilines is 2. The van der Waals surface area contributed by atoms with E-state index < -0.39 is 10.0 Å². The summed E-state index contributed by atoms with van der Waals surface area (Å²) in [4.78, 5) is 12.2. The zero-order chi connectivity index (χ0) is 23.3. The van der Waals surface area contributed by atoms with Crippen LogP contribution in [0.1, 0.15) is 11.1 Å². The molecule has 0 aliphatic rings. The van der Waals surface area contributed by atoms with E-state index in [0.717, 1.165) is 17.4 Å². The van der Waals surface area contributed by atoms with Crippen molar-refractivity contribution < 1.29 is 17.9 Å². The SMILES string of the molecule is Cc1ccc(Cl)cc1NC(=O)COc1ccc(N(Cc2ccc(Cl)cc2)S(C)(=O)=O)cc1. The number of nitrogens with one attached hydrogen (secondary N) is 1. The normalized spacial score (nSPS) is 11.1. The van der Waals surface area contributed by atoms with Crippen LogP contribution in [0.5, 0.6) is 5.75 Å². The van der Waals surface area contributed by atoms with Crippen LogP contribution < -0.4 is 14.4 Å². The van der Waals surface area contributed by atoms with Gasteiger partial charge in [0.1, 0.15) is 5.75 Å². The van der Waals surface area contributed by atoms with E-state index in [4.69, 9.17) is 27.9 Å². The summed E-state index contributed by atoms with van der Waals surface area (Å²) in [5.74, 6) is 0.103. The molecule has 0 fully saturated rings. The number of rotatable bonds is 8. The Kier molecular flexibility index (Phi) is 7.66. The van der Waals surface area contributed by atoms with Crippen molar-refractivity contribution >= 4 is 50.5 Å². The van der Waals surface area contributed by atoms with Gasteiger partial charge in [0.05, 0.1) is 18.5 Å². The van der Waals surface area contributed by atoms with E-state index in [0.29, 0.717) is 27.2 Å². The average molecular weight is 493 g/mol. The molecule has 0 saturated carbocycles. The fourth-order valence-corrected chi connectivity index (χ4v) is 4.11. The molecule has 0 unspecified atom stereocenters. The first-order chi connectivity index (χ1) is 15.1. The molecule has 3 rings (SSSR count). The lowest BCUT2D eigenvalue weighted by Gasteiger charge is -2.23. The van der Waals surface area contributed by atoms with E-state index in [-0.39, 0.29) is 19.1 Å². The molecular formula is C23H22Cl2N2O4S. The van der Waals surface area contributed by atoms with Gasteiger partial charge >= 0.3 is 0 Å². The van der Waals surface area contributed by atoms with Crippen LogP contribution in [0.15, 0.2) is 66.7 Å². The minimum atomic E-state index is -3.52. The minimum absolute atomic E-state index is 0.164. The number of carbonyl (C=O) groups excluding carboxylic acids is 1. The number of amides is 1. The maximum atomic E-state index is 12.3. The number of sulfonamides is 1.